The van der Waals surface area contributed by atoms with Gasteiger partial charge in [-0.25, -0.2) is 0 Å². The van der Waals surface area contributed by atoms with Gasteiger partial charge in [-0.15, -0.1) is 0 Å². The monoisotopic (exact) mass is 256 g/mol. The quantitative estimate of drug-likeness (QED) is 0.822. The van der Waals surface area contributed by atoms with E-state index in [1.807, 2.05) is 13.8 Å². The first-order valence-corrected chi connectivity index (χ1v) is 7.51. The van der Waals surface area contributed by atoms with Crippen LogP contribution in [-0.2, 0) is 9.47 Å². The summed E-state index contributed by atoms with van der Waals surface area (Å²) in [6.45, 7) is 7.60. The average molecular weight is 256 g/mol. The van der Waals surface area contributed by atoms with Crippen LogP contribution in [0.25, 0.3) is 0 Å². The second kappa shape index (κ2) is 5.48. The van der Waals surface area contributed by atoms with Gasteiger partial charge in [-0.2, -0.15) is 0 Å². The molecule has 2 rings (SSSR count). The van der Waals surface area contributed by atoms with Crippen LogP contribution in [0.1, 0.15) is 59.3 Å². The first-order chi connectivity index (χ1) is 8.55. The molecule has 1 aliphatic heterocycles. The highest BCUT2D eigenvalue weighted by Gasteiger charge is 2.47. The van der Waals surface area contributed by atoms with E-state index in [2.05, 4.69) is 6.92 Å². The molecule has 1 N–H and O–H groups in total. The van der Waals surface area contributed by atoms with E-state index in [1.54, 1.807) is 0 Å². The van der Waals surface area contributed by atoms with Crippen molar-refractivity contribution in [2.45, 2.75) is 76.6 Å². The van der Waals surface area contributed by atoms with Crippen LogP contribution in [0.15, 0.2) is 0 Å². The first kappa shape index (κ1) is 14.3. The molecular weight excluding hydrogens is 228 g/mol. The lowest BCUT2D eigenvalue weighted by atomic mass is 9.69. The zero-order chi connectivity index (χ0) is 13.2. The smallest absolute Gasteiger partial charge is 0.0912 e. The van der Waals surface area contributed by atoms with E-state index in [0.29, 0.717) is 12.5 Å². The van der Waals surface area contributed by atoms with E-state index in [9.17, 15) is 5.11 Å². The Kier molecular flexibility index (Phi) is 4.35. The second-order valence-corrected chi connectivity index (χ2v) is 6.18. The molecule has 1 aliphatic carbocycles. The first-order valence-electron chi connectivity index (χ1n) is 7.51. The van der Waals surface area contributed by atoms with Crippen molar-refractivity contribution in [2.75, 3.05) is 13.2 Å². The summed E-state index contributed by atoms with van der Waals surface area (Å²) in [5, 5.41) is 10.7. The maximum absolute atomic E-state index is 10.7. The molecule has 106 valence electrons. The fourth-order valence-electron chi connectivity index (χ4n) is 3.48. The maximum atomic E-state index is 10.7. The molecule has 3 heteroatoms. The van der Waals surface area contributed by atoms with E-state index < -0.39 is 5.60 Å². The van der Waals surface area contributed by atoms with E-state index in [1.165, 1.54) is 19.3 Å². The molecular formula is C15H28O3. The molecule has 3 nitrogen and oxygen atoms in total. The Hall–Kier alpha value is -0.120. The molecule has 0 aromatic carbocycles. The van der Waals surface area contributed by atoms with Gasteiger partial charge in [0, 0.05) is 13.2 Å². The number of hydrogen-bond acceptors (Lipinski definition) is 3. The third-order valence-corrected chi connectivity index (χ3v) is 5.04. The summed E-state index contributed by atoms with van der Waals surface area (Å²) in [6, 6.07) is 0. The van der Waals surface area contributed by atoms with E-state index in [0.717, 1.165) is 25.9 Å². The van der Waals surface area contributed by atoms with E-state index in [-0.39, 0.29) is 11.7 Å². The summed E-state index contributed by atoms with van der Waals surface area (Å²) >= 11 is 0. The minimum absolute atomic E-state index is 0.102. The van der Waals surface area contributed by atoms with Crippen molar-refractivity contribution >= 4 is 0 Å². The zero-order valence-electron chi connectivity index (χ0n) is 12.1. The molecule has 2 aliphatic rings. The Morgan fingerprint density at radius 1 is 1.44 bits per heavy atom. The van der Waals surface area contributed by atoms with Crippen LogP contribution < -0.4 is 0 Å². The number of aliphatic hydroxyl groups excluding tert-OH is 1. The Morgan fingerprint density at radius 3 is 2.67 bits per heavy atom. The molecule has 0 radical (unpaired) electrons. The highest BCUT2D eigenvalue weighted by Crippen LogP contribution is 2.46. The van der Waals surface area contributed by atoms with Crippen molar-refractivity contribution in [3.63, 3.8) is 0 Å². The van der Waals surface area contributed by atoms with E-state index in [4.69, 9.17) is 9.47 Å². The van der Waals surface area contributed by atoms with Crippen molar-refractivity contribution in [3.8, 4) is 0 Å². The fourth-order valence-corrected chi connectivity index (χ4v) is 3.48. The molecule has 3 atom stereocenters. The molecule has 0 aromatic heterocycles. The van der Waals surface area contributed by atoms with Gasteiger partial charge in [0.15, 0.2) is 0 Å². The molecule has 1 heterocycles. The predicted octanol–water partition coefficient (Wildman–Crippen LogP) is 2.90. The highest BCUT2D eigenvalue weighted by atomic mass is 16.5. The third kappa shape index (κ3) is 2.59. The van der Waals surface area contributed by atoms with Crippen LogP contribution in [0.5, 0.6) is 0 Å². The van der Waals surface area contributed by atoms with Crippen LogP contribution >= 0.6 is 0 Å². The van der Waals surface area contributed by atoms with E-state index >= 15 is 0 Å². The van der Waals surface area contributed by atoms with Gasteiger partial charge in [0.05, 0.1) is 17.3 Å². The van der Waals surface area contributed by atoms with Crippen molar-refractivity contribution in [1.82, 2.24) is 0 Å². The molecule has 0 amide bonds. The normalized spacial score (nSPS) is 31.7. The van der Waals surface area contributed by atoms with Crippen molar-refractivity contribution in [3.05, 3.63) is 0 Å². The second-order valence-electron chi connectivity index (χ2n) is 6.18. The molecule has 0 bridgehead atoms. The van der Waals surface area contributed by atoms with Crippen molar-refractivity contribution in [2.24, 2.45) is 5.92 Å². The summed E-state index contributed by atoms with van der Waals surface area (Å²) in [4.78, 5) is 0. The molecule has 1 saturated heterocycles. The molecule has 0 aromatic rings. The van der Waals surface area contributed by atoms with Gasteiger partial charge in [-0.3, -0.25) is 0 Å². The zero-order valence-corrected chi connectivity index (χ0v) is 12.1. The molecule has 1 saturated carbocycles. The third-order valence-electron chi connectivity index (χ3n) is 5.04. The lowest BCUT2D eigenvalue weighted by Crippen LogP contribution is -2.53. The topological polar surface area (TPSA) is 38.7 Å². The summed E-state index contributed by atoms with van der Waals surface area (Å²) in [5.41, 5.74) is -0.299. The Morgan fingerprint density at radius 2 is 2.17 bits per heavy atom. The molecule has 18 heavy (non-hydrogen) atoms. The molecule has 2 fully saturated rings. The molecule has 3 unspecified atom stereocenters. The Balaban J connectivity index is 2.00. The van der Waals surface area contributed by atoms with Gasteiger partial charge < -0.3 is 14.6 Å². The number of hydrogen-bond donors (Lipinski definition) is 1. The number of rotatable bonds is 5. The number of aliphatic hydroxyl groups is 1. The van der Waals surface area contributed by atoms with Gasteiger partial charge in [0.2, 0.25) is 0 Å². The van der Waals surface area contributed by atoms with Crippen LogP contribution in [-0.4, -0.2) is 35.6 Å². The van der Waals surface area contributed by atoms with Crippen molar-refractivity contribution in [1.29, 1.82) is 0 Å². The Labute approximate surface area is 111 Å². The SMILES string of the molecule is CCOC(C)(CC)C(O)C1CCOC2(CCC2)C1. The predicted molar refractivity (Wildman–Crippen MR) is 71.6 cm³/mol. The fraction of sp³-hybridized carbons (Fsp3) is 1.00. The van der Waals surface area contributed by atoms with Gasteiger partial charge >= 0.3 is 0 Å². The van der Waals surface area contributed by atoms with Crippen LogP contribution in [0.4, 0.5) is 0 Å². The van der Waals surface area contributed by atoms with Gasteiger partial charge in [-0.05, 0) is 58.3 Å². The minimum atomic E-state index is -0.401. The maximum Gasteiger partial charge on any atom is 0.0912 e. The molecule has 1 spiro atoms. The lowest BCUT2D eigenvalue weighted by Gasteiger charge is -2.50. The van der Waals surface area contributed by atoms with Gasteiger partial charge in [-0.1, -0.05) is 6.92 Å². The summed E-state index contributed by atoms with van der Waals surface area (Å²) in [6.07, 6.45) is 6.08. The number of ether oxygens (including phenoxy) is 2. The van der Waals surface area contributed by atoms with Crippen LogP contribution in [0.3, 0.4) is 0 Å². The highest BCUT2D eigenvalue weighted by molar-refractivity contribution is 4.98. The average Bonchev–Trinajstić information content (AvgIpc) is 2.36. The van der Waals surface area contributed by atoms with Gasteiger partial charge in [0.1, 0.15) is 0 Å². The largest absolute Gasteiger partial charge is 0.390 e. The summed E-state index contributed by atoms with van der Waals surface area (Å²) in [7, 11) is 0. The minimum Gasteiger partial charge on any atom is -0.390 e. The van der Waals surface area contributed by atoms with Crippen LogP contribution in [0.2, 0.25) is 0 Å². The van der Waals surface area contributed by atoms with Gasteiger partial charge in [0.25, 0.3) is 0 Å². The van der Waals surface area contributed by atoms with Crippen LogP contribution in [0, 0.1) is 5.92 Å². The Bertz CT molecular complexity index is 275. The summed E-state index contributed by atoms with van der Waals surface area (Å²) in [5.74, 6) is 0.329. The van der Waals surface area contributed by atoms with Crippen molar-refractivity contribution < 1.29 is 14.6 Å². The summed E-state index contributed by atoms with van der Waals surface area (Å²) < 4.78 is 11.8. The standard InChI is InChI=1S/C15H28O3/c1-4-14(3,17-5-2)13(16)12-7-10-18-15(11-12)8-6-9-15/h12-13,16H,4-11H2,1-3H3. The lowest BCUT2D eigenvalue weighted by molar-refractivity contribution is -0.189.